The molecule has 2 saturated heterocycles. The van der Waals surface area contributed by atoms with E-state index in [0.29, 0.717) is 36.2 Å². The van der Waals surface area contributed by atoms with Crippen molar-refractivity contribution in [2.75, 3.05) is 36.4 Å². The van der Waals surface area contributed by atoms with E-state index in [1.54, 1.807) is 7.05 Å². The monoisotopic (exact) mass is 478 g/mol. The second-order valence-electron chi connectivity index (χ2n) is 9.63. The lowest BCUT2D eigenvalue weighted by Gasteiger charge is -2.32. The number of hydrogen-bond acceptors (Lipinski definition) is 8. The number of aromatic nitrogens is 4. The van der Waals surface area contributed by atoms with Crippen molar-refractivity contribution in [3.8, 4) is 0 Å². The summed E-state index contributed by atoms with van der Waals surface area (Å²) < 4.78 is 3.45. The molecule has 2 fully saturated rings. The van der Waals surface area contributed by atoms with E-state index in [0.717, 1.165) is 57.2 Å². The van der Waals surface area contributed by atoms with Crippen LogP contribution in [0.15, 0.2) is 35.1 Å². The highest BCUT2D eigenvalue weighted by Gasteiger charge is 2.27. The van der Waals surface area contributed by atoms with Gasteiger partial charge in [-0.25, -0.2) is 0 Å². The van der Waals surface area contributed by atoms with Crippen LogP contribution in [0.5, 0.6) is 0 Å². The molecule has 2 aromatic heterocycles. The molecule has 3 N–H and O–H groups in total. The summed E-state index contributed by atoms with van der Waals surface area (Å²) in [5, 5.41) is 3.19. The van der Waals surface area contributed by atoms with Gasteiger partial charge in [0.25, 0.3) is 5.56 Å². The maximum absolute atomic E-state index is 13.6. The minimum Gasteiger partial charge on any atom is -0.341 e. The summed E-state index contributed by atoms with van der Waals surface area (Å²) in [4.78, 5) is 39.4. The lowest BCUT2D eigenvalue weighted by atomic mass is 10.1. The van der Waals surface area contributed by atoms with Crippen LogP contribution >= 0.6 is 0 Å². The number of nitrogens with one attached hydrogen (secondary N) is 1. The first-order chi connectivity index (χ1) is 17.0. The van der Waals surface area contributed by atoms with Gasteiger partial charge >= 0.3 is 0 Å². The molecule has 0 radical (unpaired) electrons. The van der Waals surface area contributed by atoms with Crippen molar-refractivity contribution in [3.05, 3.63) is 46.2 Å². The highest BCUT2D eigenvalue weighted by molar-refractivity contribution is 5.76. The average molecular weight is 479 g/mol. The van der Waals surface area contributed by atoms with Crippen LogP contribution in [0.3, 0.4) is 0 Å². The molecule has 2 atom stereocenters. The summed E-state index contributed by atoms with van der Waals surface area (Å²) in [7, 11) is 1.69. The number of piperidine rings is 2. The fourth-order valence-electron chi connectivity index (χ4n) is 5.17. The predicted molar refractivity (Wildman–Crippen MR) is 137 cm³/mol. The van der Waals surface area contributed by atoms with Gasteiger partial charge in [0.15, 0.2) is 17.5 Å². The number of aldehydes is 1. The fraction of sp³-hybridized carbons (Fsp3) is 0.520. The Labute approximate surface area is 204 Å². The van der Waals surface area contributed by atoms with Crippen LogP contribution in [0.1, 0.15) is 37.7 Å². The number of nitrogens with two attached hydrogens (primary N) is 1. The highest BCUT2D eigenvalue weighted by Crippen LogP contribution is 2.25. The first-order valence-electron chi connectivity index (χ1n) is 12.5. The van der Waals surface area contributed by atoms with Gasteiger partial charge in [0.1, 0.15) is 6.17 Å². The molecular weight excluding hydrogens is 444 g/mol. The number of carbonyl (C=O) groups is 1. The molecule has 5 rings (SSSR count). The molecule has 0 bridgehead atoms. The maximum Gasteiger partial charge on any atom is 0.281 e. The summed E-state index contributed by atoms with van der Waals surface area (Å²) in [6.07, 6.45) is 5.60. The second-order valence-corrected chi connectivity index (χ2v) is 9.63. The van der Waals surface area contributed by atoms with Crippen LogP contribution < -0.4 is 21.5 Å². The molecule has 35 heavy (non-hydrogen) atoms. The van der Waals surface area contributed by atoms with Crippen molar-refractivity contribution in [2.45, 2.75) is 50.9 Å². The molecule has 2 aliphatic rings. The first-order valence-corrected chi connectivity index (χ1v) is 12.5. The zero-order valence-electron chi connectivity index (χ0n) is 20.3. The fourth-order valence-corrected chi connectivity index (χ4v) is 5.17. The molecule has 1 aromatic carbocycles. The number of hydrogen-bond donors (Lipinski definition) is 2. The van der Waals surface area contributed by atoms with Crippen LogP contribution in [0, 0.1) is 0 Å². The zero-order valence-corrected chi connectivity index (χ0v) is 20.3. The Morgan fingerprint density at radius 2 is 1.89 bits per heavy atom. The van der Waals surface area contributed by atoms with Crippen LogP contribution in [0.4, 0.5) is 11.9 Å². The van der Waals surface area contributed by atoms with E-state index in [4.69, 9.17) is 15.7 Å². The van der Waals surface area contributed by atoms with Crippen LogP contribution in [0.2, 0.25) is 0 Å². The van der Waals surface area contributed by atoms with Crippen molar-refractivity contribution in [1.82, 2.24) is 24.0 Å². The number of imidazole rings is 1. The second kappa shape index (κ2) is 10.2. The molecule has 10 heteroatoms. The molecule has 3 aromatic rings. The van der Waals surface area contributed by atoms with E-state index in [1.807, 2.05) is 34.9 Å². The van der Waals surface area contributed by atoms with Gasteiger partial charge in [-0.05, 0) is 31.2 Å². The maximum atomic E-state index is 13.6. The molecule has 2 unspecified atom stereocenters. The zero-order chi connectivity index (χ0) is 24.4. The Bertz CT molecular complexity index is 1230. The third-order valence-electron chi connectivity index (χ3n) is 7.08. The van der Waals surface area contributed by atoms with Crippen molar-refractivity contribution in [3.63, 3.8) is 0 Å². The first kappa shape index (κ1) is 23.5. The van der Waals surface area contributed by atoms with Crippen molar-refractivity contribution >= 4 is 29.3 Å². The number of anilines is 2. The standard InChI is InChI=1S/C25H34N8O2/c1-30-23(35)21-22(28-24(30)27-20(17-34)31-12-6-3-7-13-31)29-25(32-14-8-11-19(26)16-32)33(21)15-18-9-4-2-5-10-18/h2,4-5,9-10,17,19-20H,3,6-8,11-16,26H2,1H3,(H,27,28). The van der Waals surface area contributed by atoms with Crippen LogP contribution in [0.25, 0.3) is 11.2 Å². The molecule has 0 aliphatic carbocycles. The number of likely N-dealkylation sites (tertiary alicyclic amines) is 1. The minimum atomic E-state index is -0.531. The van der Waals surface area contributed by atoms with Crippen molar-refractivity contribution in [1.29, 1.82) is 0 Å². The molecule has 0 saturated carbocycles. The Morgan fingerprint density at radius 3 is 2.60 bits per heavy atom. The predicted octanol–water partition coefficient (Wildman–Crippen LogP) is 1.53. The highest BCUT2D eigenvalue weighted by atomic mass is 16.1. The van der Waals surface area contributed by atoms with E-state index in [9.17, 15) is 9.59 Å². The molecule has 0 amide bonds. The molecule has 186 valence electrons. The molecule has 4 heterocycles. The van der Waals surface area contributed by atoms with Gasteiger partial charge in [-0.2, -0.15) is 9.97 Å². The summed E-state index contributed by atoms with van der Waals surface area (Å²) in [6, 6.07) is 10.1. The third kappa shape index (κ3) is 4.81. The summed E-state index contributed by atoms with van der Waals surface area (Å²) in [5.74, 6) is 1.06. The van der Waals surface area contributed by atoms with Gasteiger partial charge in [0.2, 0.25) is 11.9 Å². The molecule has 0 spiro atoms. The quantitative estimate of drug-likeness (QED) is 0.492. The molecule has 2 aliphatic heterocycles. The Kier molecular flexibility index (Phi) is 6.83. The van der Waals surface area contributed by atoms with Gasteiger partial charge in [-0.3, -0.25) is 23.6 Å². The van der Waals surface area contributed by atoms with E-state index in [1.165, 1.54) is 11.0 Å². The van der Waals surface area contributed by atoms with Crippen molar-refractivity contribution in [2.24, 2.45) is 12.8 Å². The van der Waals surface area contributed by atoms with Gasteiger partial charge in [0.05, 0.1) is 6.54 Å². The number of nitrogens with zero attached hydrogens (tertiary/aromatic N) is 6. The van der Waals surface area contributed by atoms with Gasteiger partial charge in [0, 0.05) is 39.3 Å². The Hall–Kier alpha value is -3.24. The third-order valence-corrected chi connectivity index (χ3v) is 7.08. The van der Waals surface area contributed by atoms with E-state index in [-0.39, 0.29) is 11.6 Å². The van der Waals surface area contributed by atoms with E-state index in [2.05, 4.69) is 15.1 Å². The van der Waals surface area contributed by atoms with Gasteiger partial charge < -0.3 is 16.0 Å². The van der Waals surface area contributed by atoms with E-state index >= 15 is 0 Å². The Balaban J connectivity index is 1.57. The topological polar surface area (TPSA) is 114 Å². The van der Waals surface area contributed by atoms with Gasteiger partial charge in [-0.15, -0.1) is 0 Å². The lowest BCUT2D eigenvalue weighted by Crippen LogP contribution is -2.46. The Morgan fingerprint density at radius 1 is 1.11 bits per heavy atom. The summed E-state index contributed by atoms with van der Waals surface area (Å²) in [6.45, 7) is 3.72. The van der Waals surface area contributed by atoms with Crippen molar-refractivity contribution < 1.29 is 4.79 Å². The summed E-state index contributed by atoms with van der Waals surface area (Å²) >= 11 is 0. The number of carbonyl (C=O) groups excluding carboxylic acids is 1. The smallest absolute Gasteiger partial charge is 0.281 e. The summed E-state index contributed by atoms with van der Waals surface area (Å²) in [5.41, 5.74) is 7.98. The number of rotatable bonds is 7. The molecule has 10 nitrogen and oxygen atoms in total. The van der Waals surface area contributed by atoms with E-state index < -0.39 is 6.17 Å². The minimum absolute atomic E-state index is 0.0691. The average Bonchev–Trinajstić information content (AvgIpc) is 3.24. The number of benzene rings is 1. The normalized spacial score (nSPS) is 20.2. The van der Waals surface area contributed by atoms with Crippen LogP contribution in [-0.4, -0.2) is 68.7 Å². The van der Waals surface area contributed by atoms with Gasteiger partial charge in [-0.1, -0.05) is 36.8 Å². The lowest BCUT2D eigenvalue weighted by molar-refractivity contribution is -0.111. The largest absolute Gasteiger partial charge is 0.341 e. The SMILES string of the molecule is Cn1c(NC(C=O)N2CCCCC2)nc2nc(N3CCCC(N)C3)n(Cc3ccccc3)c2c1=O. The number of fused-ring (bicyclic) bond motifs is 1. The van der Waals surface area contributed by atoms with Crippen LogP contribution in [-0.2, 0) is 18.4 Å². The molecular formula is C25H34N8O2.